The lowest BCUT2D eigenvalue weighted by Crippen LogP contribution is -2.35. The second kappa shape index (κ2) is 8.50. The number of sulfonamides is 1. The first-order valence-corrected chi connectivity index (χ1v) is 11.1. The molecule has 3 rings (SSSR count). The molecule has 0 radical (unpaired) electrons. The highest BCUT2D eigenvalue weighted by Gasteiger charge is 2.23. The predicted molar refractivity (Wildman–Crippen MR) is 111 cm³/mol. The van der Waals surface area contributed by atoms with E-state index in [1.807, 2.05) is 24.3 Å². The molecule has 150 valence electrons. The number of nitrogens with zero attached hydrogens (tertiary/aromatic N) is 2. The monoisotopic (exact) mass is 467 g/mol. The van der Waals surface area contributed by atoms with Gasteiger partial charge in [0.1, 0.15) is 5.75 Å². The zero-order valence-electron chi connectivity index (χ0n) is 15.5. The average molecular weight is 468 g/mol. The van der Waals surface area contributed by atoms with Gasteiger partial charge in [-0.2, -0.15) is 0 Å². The van der Waals surface area contributed by atoms with Gasteiger partial charge in [-0.25, -0.2) is 13.6 Å². The molecule has 1 aliphatic heterocycles. The Morgan fingerprint density at radius 1 is 1.07 bits per heavy atom. The molecule has 0 saturated carbocycles. The number of halogens is 1. The third kappa shape index (κ3) is 4.65. The highest BCUT2D eigenvalue weighted by atomic mass is 79.9. The molecule has 0 aromatic heterocycles. The molecule has 1 heterocycles. The van der Waals surface area contributed by atoms with Gasteiger partial charge in [0, 0.05) is 36.3 Å². The second-order valence-corrected chi connectivity index (χ2v) is 8.93. The van der Waals surface area contributed by atoms with Crippen molar-refractivity contribution in [2.75, 3.05) is 38.2 Å². The number of hydrogen-bond acceptors (Lipinski definition) is 5. The fraction of sp³-hybridized carbons (Fsp3) is 0.316. The molecular formula is C19H22BrN3O4S. The van der Waals surface area contributed by atoms with Gasteiger partial charge < -0.3 is 14.5 Å². The maximum absolute atomic E-state index is 13.0. The van der Waals surface area contributed by atoms with Gasteiger partial charge in [-0.15, -0.1) is 0 Å². The van der Waals surface area contributed by atoms with Crippen LogP contribution in [-0.4, -0.2) is 52.5 Å². The van der Waals surface area contributed by atoms with Gasteiger partial charge >= 0.3 is 0 Å². The van der Waals surface area contributed by atoms with E-state index in [1.165, 1.54) is 18.2 Å². The first kappa shape index (κ1) is 20.6. The molecule has 1 fully saturated rings. The van der Waals surface area contributed by atoms with E-state index in [-0.39, 0.29) is 10.8 Å². The molecule has 1 amide bonds. The van der Waals surface area contributed by atoms with Crippen LogP contribution in [0.3, 0.4) is 0 Å². The van der Waals surface area contributed by atoms with Crippen LogP contribution in [0.5, 0.6) is 5.75 Å². The number of carbonyl (C=O) groups excluding carboxylic acids is 1. The summed E-state index contributed by atoms with van der Waals surface area (Å²) in [6.45, 7) is 2.65. The van der Waals surface area contributed by atoms with E-state index in [0.717, 1.165) is 24.4 Å². The maximum atomic E-state index is 13.0. The van der Waals surface area contributed by atoms with Crippen molar-refractivity contribution >= 4 is 37.5 Å². The Morgan fingerprint density at radius 2 is 1.79 bits per heavy atom. The number of anilines is 1. The van der Waals surface area contributed by atoms with Crippen LogP contribution in [0.4, 0.5) is 5.69 Å². The van der Waals surface area contributed by atoms with Crippen molar-refractivity contribution in [3.8, 4) is 5.75 Å². The Morgan fingerprint density at radius 3 is 2.43 bits per heavy atom. The smallest absolute Gasteiger partial charge is 0.255 e. The van der Waals surface area contributed by atoms with Crippen molar-refractivity contribution in [3.63, 3.8) is 0 Å². The number of hydrogen-bond donors (Lipinski definition) is 1. The second-order valence-electron chi connectivity index (χ2n) is 6.52. The molecule has 0 atom stereocenters. The Balaban J connectivity index is 1.75. The van der Waals surface area contributed by atoms with Crippen molar-refractivity contribution in [1.82, 2.24) is 4.90 Å². The van der Waals surface area contributed by atoms with E-state index in [2.05, 4.69) is 20.8 Å². The quantitative estimate of drug-likeness (QED) is 0.745. The van der Waals surface area contributed by atoms with Crippen LogP contribution >= 0.6 is 15.9 Å². The molecule has 1 saturated heterocycles. The van der Waals surface area contributed by atoms with Crippen LogP contribution < -0.4 is 14.8 Å². The summed E-state index contributed by atoms with van der Waals surface area (Å²) in [4.78, 5) is 16.9. The molecule has 0 bridgehead atoms. The van der Waals surface area contributed by atoms with E-state index in [9.17, 15) is 13.2 Å². The van der Waals surface area contributed by atoms with Gasteiger partial charge in [0.15, 0.2) is 0 Å². The Kier molecular flexibility index (Phi) is 6.26. The predicted octanol–water partition coefficient (Wildman–Crippen LogP) is 2.46. The van der Waals surface area contributed by atoms with Crippen LogP contribution in [0.25, 0.3) is 0 Å². The highest BCUT2D eigenvalue weighted by molar-refractivity contribution is 9.10. The standard InChI is InChI=1S/C19H22BrN3O4S/c1-27-15-5-3-14(4-6-15)22-9-2-10-23(12-11-22)19(24)17-13-16(28(21,25)26)7-8-18(17)20/h3-8,13H,2,9-12H2,1H3,(H2,21,25,26). The van der Waals surface area contributed by atoms with E-state index in [0.29, 0.717) is 29.7 Å². The molecule has 2 N–H and O–H groups in total. The van der Waals surface area contributed by atoms with Crippen LogP contribution in [0.1, 0.15) is 16.8 Å². The summed E-state index contributed by atoms with van der Waals surface area (Å²) in [7, 11) is -2.24. The summed E-state index contributed by atoms with van der Waals surface area (Å²) in [6.07, 6.45) is 0.810. The summed E-state index contributed by atoms with van der Waals surface area (Å²) >= 11 is 3.34. The van der Waals surface area contributed by atoms with Gasteiger partial charge in [-0.1, -0.05) is 0 Å². The molecule has 7 nitrogen and oxygen atoms in total. The van der Waals surface area contributed by atoms with Crippen molar-refractivity contribution in [1.29, 1.82) is 0 Å². The summed E-state index contributed by atoms with van der Waals surface area (Å²) in [5, 5.41) is 5.20. The Labute approximate surface area is 173 Å². The number of methoxy groups -OCH3 is 1. The average Bonchev–Trinajstić information content (AvgIpc) is 2.93. The Hall–Kier alpha value is -2.10. The number of amides is 1. The minimum Gasteiger partial charge on any atom is -0.497 e. The number of benzene rings is 2. The maximum Gasteiger partial charge on any atom is 0.255 e. The van der Waals surface area contributed by atoms with Crippen molar-refractivity contribution in [2.24, 2.45) is 5.14 Å². The minimum absolute atomic E-state index is 0.0752. The van der Waals surface area contributed by atoms with E-state index >= 15 is 0 Å². The zero-order chi connectivity index (χ0) is 20.3. The van der Waals surface area contributed by atoms with E-state index in [4.69, 9.17) is 9.88 Å². The summed E-state index contributed by atoms with van der Waals surface area (Å²) < 4.78 is 29.0. The fourth-order valence-corrected chi connectivity index (χ4v) is 4.14. The molecule has 2 aromatic rings. The number of ether oxygens (including phenoxy) is 1. The van der Waals surface area contributed by atoms with Gasteiger partial charge in [0.05, 0.1) is 17.6 Å². The number of carbonyl (C=O) groups is 1. The molecule has 2 aromatic carbocycles. The van der Waals surface area contributed by atoms with E-state index < -0.39 is 10.0 Å². The number of nitrogens with two attached hydrogens (primary N) is 1. The minimum atomic E-state index is -3.87. The van der Waals surface area contributed by atoms with Gasteiger partial charge in [0.25, 0.3) is 5.91 Å². The topological polar surface area (TPSA) is 92.9 Å². The van der Waals surface area contributed by atoms with Crippen LogP contribution in [0.15, 0.2) is 51.8 Å². The lowest BCUT2D eigenvalue weighted by Gasteiger charge is -2.24. The van der Waals surface area contributed by atoms with Gasteiger partial charge in [-0.05, 0) is 64.8 Å². The van der Waals surface area contributed by atoms with Crippen molar-refractivity contribution in [3.05, 3.63) is 52.5 Å². The van der Waals surface area contributed by atoms with Crippen molar-refractivity contribution in [2.45, 2.75) is 11.3 Å². The number of primary sulfonamides is 1. The molecular weight excluding hydrogens is 446 g/mol. The lowest BCUT2D eigenvalue weighted by molar-refractivity contribution is 0.0766. The largest absolute Gasteiger partial charge is 0.497 e. The highest BCUT2D eigenvalue weighted by Crippen LogP contribution is 2.24. The summed E-state index contributed by atoms with van der Waals surface area (Å²) in [5.41, 5.74) is 1.37. The normalized spacial score (nSPS) is 15.2. The number of rotatable bonds is 4. The molecule has 28 heavy (non-hydrogen) atoms. The molecule has 9 heteroatoms. The lowest BCUT2D eigenvalue weighted by atomic mass is 10.2. The molecule has 0 unspecified atom stereocenters. The van der Waals surface area contributed by atoms with Crippen molar-refractivity contribution < 1.29 is 17.9 Å². The third-order valence-electron chi connectivity index (χ3n) is 4.72. The van der Waals surface area contributed by atoms with Crippen LogP contribution in [-0.2, 0) is 10.0 Å². The van der Waals surface area contributed by atoms with Crippen LogP contribution in [0.2, 0.25) is 0 Å². The SMILES string of the molecule is COc1ccc(N2CCCN(C(=O)c3cc(S(N)(=O)=O)ccc3Br)CC2)cc1. The van der Waals surface area contributed by atoms with Crippen LogP contribution in [0, 0.1) is 0 Å². The fourth-order valence-electron chi connectivity index (χ4n) is 3.19. The first-order valence-electron chi connectivity index (χ1n) is 8.80. The molecule has 0 spiro atoms. The Bertz CT molecular complexity index is 964. The zero-order valence-corrected chi connectivity index (χ0v) is 17.9. The molecule has 0 aliphatic carbocycles. The van der Waals surface area contributed by atoms with Gasteiger partial charge in [0.2, 0.25) is 10.0 Å². The van der Waals surface area contributed by atoms with Gasteiger partial charge in [-0.3, -0.25) is 4.79 Å². The van der Waals surface area contributed by atoms with E-state index in [1.54, 1.807) is 12.0 Å². The first-order chi connectivity index (χ1) is 13.3. The summed E-state index contributed by atoms with van der Waals surface area (Å²) in [5.74, 6) is 0.587. The molecule has 1 aliphatic rings. The third-order valence-corrected chi connectivity index (χ3v) is 6.32. The summed E-state index contributed by atoms with van der Waals surface area (Å²) in [6, 6.07) is 12.1.